The molecule has 6 nitrogen and oxygen atoms in total. The van der Waals surface area contributed by atoms with E-state index in [-0.39, 0.29) is 5.91 Å². The number of amides is 1. The van der Waals surface area contributed by atoms with Crippen molar-refractivity contribution in [3.63, 3.8) is 0 Å². The van der Waals surface area contributed by atoms with Crippen LogP contribution < -0.4 is 19.5 Å². The van der Waals surface area contributed by atoms with Crippen LogP contribution in [0.5, 0.6) is 17.2 Å². The fourth-order valence-electron chi connectivity index (χ4n) is 3.29. The lowest BCUT2D eigenvalue weighted by Gasteiger charge is -2.33. The molecular formula is C21H26N2O4. The van der Waals surface area contributed by atoms with Crippen molar-refractivity contribution in [1.82, 2.24) is 4.90 Å². The van der Waals surface area contributed by atoms with Gasteiger partial charge in [-0.2, -0.15) is 0 Å². The number of hydrogen-bond acceptors (Lipinski definition) is 5. The summed E-state index contributed by atoms with van der Waals surface area (Å²) in [6.07, 6.45) is 1.79. The normalized spacial score (nSPS) is 14.6. The molecule has 144 valence electrons. The number of likely N-dealkylation sites (tertiary alicyclic amines) is 1. The number of ether oxygens (including phenoxy) is 3. The number of nitrogens with zero attached hydrogens (tertiary/aromatic N) is 1. The summed E-state index contributed by atoms with van der Waals surface area (Å²) >= 11 is 0. The zero-order valence-electron chi connectivity index (χ0n) is 16.0. The lowest BCUT2D eigenvalue weighted by molar-refractivity contribution is 0.0717. The Balaban J connectivity index is 1.61. The highest BCUT2D eigenvalue weighted by molar-refractivity contribution is 5.95. The second kappa shape index (κ2) is 8.66. The predicted molar refractivity (Wildman–Crippen MR) is 105 cm³/mol. The molecule has 1 amide bonds. The number of nitrogens with one attached hydrogen (secondary N) is 1. The van der Waals surface area contributed by atoms with Crippen LogP contribution in [0.3, 0.4) is 0 Å². The van der Waals surface area contributed by atoms with E-state index in [1.807, 2.05) is 29.2 Å². The van der Waals surface area contributed by atoms with Gasteiger partial charge >= 0.3 is 0 Å². The van der Waals surface area contributed by atoms with E-state index in [9.17, 15) is 4.79 Å². The number of carbonyl (C=O) groups is 1. The molecule has 1 heterocycles. The van der Waals surface area contributed by atoms with Gasteiger partial charge in [0.15, 0.2) is 0 Å². The molecule has 2 aromatic rings. The lowest BCUT2D eigenvalue weighted by atomic mass is 10.0. The van der Waals surface area contributed by atoms with Crippen LogP contribution >= 0.6 is 0 Å². The van der Waals surface area contributed by atoms with Crippen LogP contribution in [0.1, 0.15) is 23.2 Å². The molecule has 27 heavy (non-hydrogen) atoms. The van der Waals surface area contributed by atoms with E-state index in [0.29, 0.717) is 36.2 Å². The van der Waals surface area contributed by atoms with E-state index >= 15 is 0 Å². The Labute approximate surface area is 160 Å². The molecule has 1 saturated heterocycles. The van der Waals surface area contributed by atoms with Crippen LogP contribution in [0.4, 0.5) is 5.69 Å². The molecule has 0 saturated carbocycles. The molecular weight excluding hydrogens is 344 g/mol. The molecule has 0 spiro atoms. The molecule has 0 bridgehead atoms. The fraction of sp³-hybridized carbons (Fsp3) is 0.381. The van der Waals surface area contributed by atoms with Crippen LogP contribution in [0.2, 0.25) is 0 Å². The van der Waals surface area contributed by atoms with Crippen molar-refractivity contribution in [3.05, 3.63) is 48.0 Å². The topological polar surface area (TPSA) is 60.0 Å². The molecule has 1 N–H and O–H groups in total. The Morgan fingerprint density at radius 3 is 2.15 bits per heavy atom. The van der Waals surface area contributed by atoms with E-state index in [1.165, 1.54) is 0 Å². The summed E-state index contributed by atoms with van der Waals surface area (Å²) < 4.78 is 15.8. The summed E-state index contributed by atoms with van der Waals surface area (Å²) in [5.74, 6) is 2.08. The molecule has 6 heteroatoms. The average Bonchev–Trinajstić information content (AvgIpc) is 2.73. The second-order valence-corrected chi connectivity index (χ2v) is 6.54. The molecule has 1 aliphatic rings. The van der Waals surface area contributed by atoms with Gasteiger partial charge in [0.2, 0.25) is 0 Å². The third kappa shape index (κ3) is 4.64. The Bertz CT molecular complexity index is 763. The van der Waals surface area contributed by atoms with Gasteiger partial charge in [0.25, 0.3) is 5.91 Å². The fourth-order valence-corrected chi connectivity index (χ4v) is 3.29. The minimum Gasteiger partial charge on any atom is -0.497 e. The summed E-state index contributed by atoms with van der Waals surface area (Å²) in [7, 11) is 4.83. The molecule has 1 fully saturated rings. The van der Waals surface area contributed by atoms with E-state index in [4.69, 9.17) is 14.2 Å². The third-order valence-corrected chi connectivity index (χ3v) is 4.82. The number of methoxy groups -OCH3 is 3. The van der Waals surface area contributed by atoms with Crippen LogP contribution in [0.25, 0.3) is 0 Å². The molecule has 0 radical (unpaired) electrons. The van der Waals surface area contributed by atoms with Gasteiger partial charge in [0.05, 0.1) is 21.3 Å². The van der Waals surface area contributed by atoms with Gasteiger partial charge in [-0.1, -0.05) is 6.07 Å². The van der Waals surface area contributed by atoms with Gasteiger partial charge < -0.3 is 24.4 Å². The Hall–Kier alpha value is -2.89. The van der Waals surface area contributed by atoms with Crippen LogP contribution in [0, 0.1) is 0 Å². The zero-order valence-corrected chi connectivity index (χ0v) is 16.0. The van der Waals surface area contributed by atoms with Crippen molar-refractivity contribution in [2.75, 3.05) is 39.7 Å². The van der Waals surface area contributed by atoms with Gasteiger partial charge in [-0.15, -0.1) is 0 Å². The first-order chi connectivity index (χ1) is 13.1. The predicted octanol–water partition coefficient (Wildman–Crippen LogP) is 3.43. The highest BCUT2D eigenvalue weighted by Gasteiger charge is 2.24. The number of anilines is 1. The molecule has 0 atom stereocenters. The number of rotatable bonds is 6. The Kier molecular flexibility index (Phi) is 6.06. The van der Waals surface area contributed by atoms with Crippen LogP contribution in [-0.4, -0.2) is 51.3 Å². The number of hydrogen-bond donors (Lipinski definition) is 1. The van der Waals surface area contributed by atoms with E-state index < -0.39 is 0 Å². The smallest absolute Gasteiger partial charge is 0.254 e. The van der Waals surface area contributed by atoms with Crippen molar-refractivity contribution >= 4 is 11.6 Å². The number of piperidine rings is 1. The summed E-state index contributed by atoms with van der Waals surface area (Å²) in [6.45, 7) is 1.42. The quantitative estimate of drug-likeness (QED) is 0.844. The highest BCUT2D eigenvalue weighted by atomic mass is 16.5. The van der Waals surface area contributed by atoms with Gasteiger partial charge in [-0.25, -0.2) is 0 Å². The zero-order chi connectivity index (χ0) is 19.2. The van der Waals surface area contributed by atoms with Gasteiger partial charge in [0, 0.05) is 42.5 Å². The van der Waals surface area contributed by atoms with Crippen molar-refractivity contribution < 1.29 is 19.0 Å². The van der Waals surface area contributed by atoms with Crippen LogP contribution in [-0.2, 0) is 0 Å². The van der Waals surface area contributed by atoms with Crippen molar-refractivity contribution in [3.8, 4) is 17.2 Å². The standard InChI is InChI=1S/C21H26N2O4/c1-25-18-6-4-5-17(13-18)22-16-7-9-23(10-8-16)21(24)15-11-19(26-2)14-20(12-15)27-3/h4-6,11-14,16,22H,7-10H2,1-3H3. The molecule has 0 aromatic heterocycles. The molecule has 2 aromatic carbocycles. The summed E-state index contributed by atoms with van der Waals surface area (Å²) in [5.41, 5.74) is 1.63. The summed E-state index contributed by atoms with van der Waals surface area (Å²) in [5, 5.41) is 3.53. The first-order valence-corrected chi connectivity index (χ1v) is 9.06. The summed E-state index contributed by atoms with van der Waals surface area (Å²) in [6, 6.07) is 13.5. The Morgan fingerprint density at radius 1 is 0.926 bits per heavy atom. The SMILES string of the molecule is COc1cccc(NC2CCN(C(=O)c3cc(OC)cc(OC)c3)CC2)c1. The highest BCUT2D eigenvalue weighted by Crippen LogP contribution is 2.25. The van der Waals surface area contributed by atoms with Crippen molar-refractivity contribution in [2.45, 2.75) is 18.9 Å². The minimum atomic E-state index is 0.00651. The maximum atomic E-state index is 12.9. The first-order valence-electron chi connectivity index (χ1n) is 9.06. The number of benzene rings is 2. The molecule has 3 rings (SSSR count). The minimum absolute atomic E-state index is 0.00651. The summed E-state index contributed by atoms with van der Waals surface area (Å²) in [4.78, 5) is 14.7. The molecule has 1 aliphatic heterocycles. The van der Waals surface area contributed by atoms with Crippen molar-refractivity contribution in [2.24, 2.45) is 0 Å². The maximum Gasteiger partial charge on any atom is 0.254 e. The lowest BCUT2D eigenvalue weighted by Crippen LogP contribution is -2.42. The van der Waals surface area contributed by atoms with Crippen molar-refractivity contribution in [1.29, 1.82) is 0 Å². The van der Waals surface area contributed by atoms with Crippen LogP contribution in [0.15, 0.2) is 42.5 Å². The Morgan fingerprint density at radius 2 is 1.56 bits per heavy atom. The monoisotopic (exact) mass is 370 g/mol. The first kappa shape index (κ1) is 18.9. The van der Waals surface area contributed by atoms with Gasteiger partial charge in [0.1, 0.15) is 17.2 Å². The molecule has 0 aliphatic carbocycles. The van der Waals surface area contributed by atoms with E-state index in [2.05, 4.69) is 5.32 Å². The van der Waals surface area contributed by atoms with E-state index in [0.717, 1.165) is 24.3 Å². The second-order valence-electron chi connectivity index (χ2n) is 6.54. The average molecular weight is 370 g/mol. The van der Waals surface area contributed by atoms with Gasteiger partial charge in [-0.3, -0.25) is 4.79 Å². The van der Waals surface area contributed by atoms with Gasteiger partial charge in [-0.05, 0) is 37.1 Å². The number of carbonyl (C=O) groups excluding carboxylic acids is 1. The van der Waals surface area contributed by atoms with E-state index in [1.54, 1.807) is 39.5 Å². The third-order valence-electron chi connectivity index (χ3n) is 4.82. The largest absolute Gasteiger partial charge is 0.497 e. The molecule has 0 unspecified atom stereocenters. The maximum absolute atomic E-state index is 12.9.